The SMILES string of the molecule is CC[C@H](C)N1CC(=O)N(c2ccc(Cl)cc2)[C@@H]2CS(=O)(=O)C[C@@H]21. The molecule has 0 unspecified atom stereocenters. The maximum Gasteiger partial charge on any atom is 0.241 e. The van der Waals surface area contributed by atoms with Gasteiger partial charge in [-0.05, 0) is 37.6 Å². The number of fused-ring (bicyclic) bond motifs is 1. The van der Waals surface area contributed by atoms with Crippen molar-refractivity contribution in [2.45, 2.75) is 38.4 Å². The molecule has 2 heterocycles. The summed E-state index contributed by atoms with van der Waals surface area (Å²) in [6.07, 6.45) is 0.886. The molecule has 2 aliphatic heterocycles. The number of nitrogens with zero attached hydrogens (tertiary/aromatic N) is 2. The van der Waals surface area contributed by atoms with Gasteiger partial charge in [-0.1, -0.05) is 18.5 Å². The van der Waals surface area contributed by atoms with Crippen LogP contribution in [0.3, 0.4) is 0 Å². The summed E-state index contributed by atoms with van der Waals surface area (Å²) >= 11 is 5.92. The number of hydrogen-bond donors (Lipinski definition) is 0. The molecule has 0 radical (unpaired) electrons. The van der Waals surface area contributed by atoms with Gasteiger partial charge in [0.25, 0.3) is 0 Å². The molecular formula is C16H21ClN2O3S. The van der Waals surface area contributed by atoms with E-state index in [4.69, 9.17) is 11.6 Å². The van der Waals surface area contributed by atoms with Gasteiger partial charge in [0.1, 0.15) is 0 Å². The third-order valence-electron chi connectivity index (χ3n) is 4.90. The highest BCUT2D eigenvalue weighted by molar-refractivity contribution is 7.91. The molecule has 2 aliphatic rings. The Bertz CT molecular complexity index is 705. The van der Waals surface area contributed by atoms with E-state index in [0.29, 0.717) is 5.02 Å². The summed E-state index contributed by atoms with van der Waals surface area (Å²) in [6.45, 7) is 4.36. The topological polar surface area (TPSA) is 57.7 Å². The number of rotatable bonds is 3. The summed E-state index contributed by atoms with van der Waals surface area (Å²) in [6, 6.07) is 6.74. The van der Waals surface area contributed by atoms with Gasteiger partial charge in [0.05, 0.1) is 24.1 Å². The smallest absolute Gasteiger partial charge is 0.241 e. The molecule has 7 heteroatoms. The van der Waals surface area contributed by atoms with Gasteiger partial charge in [-0.2, -0.15) is 0 Å². The van der Waals surface area contributed by atoms with E-state index in [9.17, 15) is 13.2 Å². The monoisotopic (exact) mass is 356 g/mol. The van der Waals surface area contributed by atoms with E-state index in [2.05, 4.69) is 11.8 Å². The van der Waals surface area contributed by atoms with Crippen LogP contribution >= 0.6 is 11.6 Å². The van der Waals surface area contributed by atoms with Crippen LogP contribution in [0.2, 0.25) is 5.02 Å². The molecule has 3 rings (SSSR count). The van der Waals surface area contributed by atoms with Crippen LogP contribution in [-0.4, -0.2) is 55.4 Å². The highest BCUT2D eigenvalue weighted by atomic mass is 35.5. The highest BCUT2D eigenvalue weighted by Gasteiger charge is 2.50. The molecule has 0 N–H and O–H groups in total. The van der Waals surface area contributed by atoms with E-state index >= 15 is 0 Å². The van der Waals surface area contributed by atoms with Crippen molar-refractivity contribution in [2.24, 2.45) is 0 Å². The van der Waals surface area contributed by atoms with E-state index in [1.54, 1.807) is 29.2 Å². The fourth-order valence-corrected chi connectivity index (χ4v) is 5.65. The lowest BCUT2D eigenvalue weighted by atomic mass is 10.0. The predicted octanol–water partition coefficient (Wildman–Crippen LogP) is 1.95. The zero-order valence-corrected chi connectivity index (χ0v) is 14.8. The minimum absolute atomic E-state index is 0.0268. The molecule has 126 valence electrons. The lowest BCUT2D eigenvalue weighted by Gasteiger charge is -2.45. The third kappa shape index (κ3) is 3.12. The zero-order chi connectivity index (χ0) is 16.8. The minimum atomic E-state index is -3.14. The molecule has 1 amide bonds. The molecule has 0 spiro atoms. The summed E-state index contributed by atoms with van der Waals surface area (Å²) in [5, 5.41) is 0.593. The van der Waals surface area contributed by atoms with Gasteiger partial charge in [-0.3, -0.25) is 9.69 Å². The number of anilines is 1. The van der Waals surface area contributed by atoms with E-state index in [0.717, 1.165) is 12.1 Å². The first-order valence-corrected chi connectivity index (χ1v) is 10.1. The first-order chi connectivity index (χ1) is 10.8. The Morgan fingerprint density at radius 3 is 2.43 bits per heavy atom. The second-order valence-electron chi connectivity index (χ2n) is 6.38. The van der Waals surface area contributed by atoms with Gasteiger partial charge in [-0.25, -0.2) is 8.42 Å². The Balaban J connectivity index is 1.99. The molecule has 0 aliphatic carbocycles. The van der Waals surface area contributed by atoms with Crippen LogP contribution < -0.4 is 4.90 Å². The van der Waals surface area contributed by atoms with E-state index < -0.39 is 9.84 Å². The number of carbonyl (C=O) groups excluding carboxylic acids is 1. The van der Waals surface area contributed by atoms with Crippen LogP contribution in [0, 0.1) is 0 Å². The Kier molecular flexibility index (Phi) is 4.42. The molecular weight excluding hydrogens is 336 g/mol. The van der Waals surface area contributed by atoms with Crippen molar-refractivity contribution in [2.75, 3.05) is 23.0 Å². The van der Waals surface area contributed by atoms with Gasteiger partial charge in [0, 0.05) is 22.8 Å². The summed E-state index contributed by atoms with van der Waals surface area (Å²) in [5.41, 5.74) is 0.718. The lowest BCUT2D eigenvalue weighted by Crippen LogP contribution is -2.63. The predicted molar refractivity (Wildman–Crippen MR) is 91.6 cm³/mol. The minimum Gasteiger partial charge on any atom is -0.306 e. The summed E-state index contributed by atoms with van der Waals surface area (Å²) in [4.78, 5) is 16.4. The van der Waals surface area contributed by atoms with Crippen LogP contribution in [0.1, 0.15) is 20.3 Å². The lowest BCUT2D eigenvalue weighted by molar-refractivity contribution is -0.124. The Hall–Kier alpha value is -1.11. The average Bonchev–Trinajstić information content (AvgIpc) is 2.82. The molecule has 0 saturated carbocycles. The number of carbonyl (C=O) groups is 1. The first kappa shape index (κ1) is 16.7. The van der Waals surface area contributed by atoms with Crippen molar-refractivity contribution in [3.63, 3.8) is 0 Å². The molecule has 1 aromatic rings. The second kappa shape index (κ2) is 6.07. The summed E-state index contributed by atoms with van der Waals surface area (Å²) < 4.78 is 24.4. The number of sulfone groups is 1. The molecule has 3 atom stereocenters. The van der Waals surface area contributed by atoms with Crippen LogP contribution in [0.4, 0.5) is 5.69 Å². The fourth-order valence-electron chi connectivity index (χ4n) is 3.56. The molecule has 2 saturated heterocycles. The van der Waals surface area contributed by atoms with E-state index in [1.165, 1.54) is 0 Å². The van der Waals surface area contributed by atoms with Crippen molar-refractivity contribution in [3.8, 4) is 0 Å². The Morgan fingerprint density at radius 2 is 1.83 bits per heavy atom. The number of halogens is 1. The highest BCUT2D eigenvalue weighted by Crippen LogP contribution is 2.33. The summed E-state index contributed by atoms with van der Waals surface area (Å²) in [7, 11) is -3.14. The van der Waals surface area contributed by atoms with Gasteiger partial charge in [-0.15, -0.1) is 0 Å². The molecule has 5 nitrogen and oxygen atoms in total. The number of hydrogen-bond acceptors (Lipinski definition) is 4. The summed E-state index contributed by atoms with van der Waals surface area (Å²) in [5.74, 6) is 0.101. The van der Waals surface area contributed by atoms with Gasteiger partial charge in [0.2, 0.25) is 5.91 Å². The van der Waals surface area contributed by atoms with Crippen LogP contribution in [0.15, 0.2) is 24.3 Å². The fraction of sp³-hybridized carbons (Fsp3) is 0.562. The van der Waals surface area contributed by atoms with Crippen molar-refractivity contribution in [3.05, 3.63) is 29.3 Å². The maximum absolute atomic E-state index is 12.7. The number of amides is 1. The Morgan fingerprint density at radius 1 is 1.22 bits per heavy atom. The molecule has 23 heavy (non-hydrogen) atoms. The second-order valence-corrected chi connectivity index (χ2v) is 8.97. The van der Waals surface area contributed by atoms with Crippen molar-refractivity contribution < 1.29 is 13.2 Å². The van der Waals surface area contributed by atoms with Crippen molar-refractivity contribution in [1.29, 1.82) is 0 Å². The van der Waals surface area contributed by atoms with E-state index in [-0.39, 0.29) is 42.1 Å². The zero-order valence-electron chi connectivity index (χ0n) is 13.3. The number of piperazine rings is 1. The third-order valence-corrected chi connectivity index (χ3v) is 6.85. The van der Waals surface area contributed by atoms with Crippen LogP contribution in [0.25, 0.3) is 0 Å². The number of benzene rings is 1. The normalized spacial score (nSPS) is 28.7. The standard InChI is InChI=1S/C16H21ClN2O3S/c1-3-11(2)18-8-16(20)19(13-6-4-12(17)5-7-13)15-10-23(21,22)9-14(15)18/h4-7,11,14-15H,3,8-10H2,1-2H3/t11-,14-,15+/m0/s1. The molecule has 2 fully saturated rings. The molecule has 1 aromatic carbocycles. The van der Waals surface area contributed by atoms with E-state index in [1.807, 2.05) is 6.92 Å². The molecule has 0 aromatic heterocycles. The Labute approximate surface area is 142 Å². The maximum atomic E-state index is 12.7. The molecule has 0 bridgehead atoms. The van der Waals surface area contributed by atoms with Crippen LogP contribution in [0.5, 0.6) is 0 Å². The van der Waals surface area contributed by atoms with Crippen LogP contribution in [-0.2, 0) is 14.6 Å². The van der Waals surface area contributed by atoms with Gasteiger partial charge < -0.3 is 4.90 Å². The largest absolute Gasteiger partial charge is 0.306 e. The van der Waals surface area contributed by atoms with Gasteiger partial charge >= 0.3 is 0 Å². The van der Waals surface area contributed by atoms with Gasteiger partial charge in [0.15, 0.2) is 9.84 Å². The quantitative estimate of drug-likeness (QED) is 0.830. The van der Waals surface area contributed by atoms with Crippen molar-refractivity contribution in [1.82, 2.24) is 4.90 Å². The van der Waals surface area contributed by atoms with Crippen molar-refractivity contribution >= 4 is 33.0 Å². The average molecular weight is 357 g/mol. The first-order valence-electron chi connectivity index (χ1n) is 7.86.